The molecule has 1 fully saturated rings. The van der Waals surface area contributed by atoms with Crippen LogP contribution in [0.4, 0.5) is 5.69 Å². The molecule has 1 heterocycles. The van der Waals surface area contributed by atoms with E-state index in [2.05, 4.69) is 5.32 Å². The minimum atomic E-state index is -0.176. The second-order valence-corrected chi connectivity index (χ2v) is 5.70. The number of nitrogen functional groups attached to an aromatic ring is 1. The van der Waals surface area contributed by atoms with E-state index in [9.17, 15) is 4.79 Å². The molecule has 5 heteroatoms. The van der Waals surface area contributed by atoms with Crippen LogP contribution in [0.1, 0.15) is 16.8 Å². The first-order valence-electron chi connectivity index (χ1n) is 5.58. The van der Waals surface area contributed by atoms with Crippen LogP contribution in [0.5, 0.6) is 0 Å². The normalized spacial score (nSPS) is 19.2. The van der Waals surface area contributed by atoms with Crippen LogP contribution in [0.2, 0.25) is 5.02 Å². The molecular formula is C12H15ClN2OS. The summed E-state index contributed by atoms with van der Waals surface area (Å²) in [6.45, 7) is 0.705. The van der Waals surface area contributed by atoms with Crippen molar-refractivity contribution in [3.8, 4) is 0 Å². The van der Waals surface area contributed by atoms with E-state index >= 15 is 0 Å². The topological polar surface area (TPSA) is 55.1 Å². The maximum absolute atomic E-state index is 12.0. The fourth-order valence-corrected chi connectivity index (χ4v) is 3.40. The average molecular weight is 271 g/mol. The number of halogens is 1. The van der Waals surface area contributed by atoms with Crippen LogP contribution in [0.15, 0.2) is 18.2 Å². The summed E-state index contributed by atoms with van der Waals surface area (Å²) in [5.74, 6) is 2.71. The van der Waals surface area contributed by atoms with Gasteiger partial charge in [0.25, 0.3) is 5.91 Å². The number of thioether (sulfide) groups is 1. The van der Waals surface area contributed by atoms with Crippen molar-refractivity contribution in [3.05, 3.63) is 28.8 Å². The van der Waals surface area contributed by atoms with Gasteiger partial charge in [0, 0.05) is 12.2 Å². The third-order valence-corrected chi connectivity index (χ3v) is 4.39. The molecule has 3 nitrogen and oxygen atoms in total. The quantitative estimate of drug-likeness (QED) is 0.830. The highest BCUT2D eigenvalue weighted by atomic mass is 35.5. The zero-order chi connectivity index (χ0) is 12.3. The molecule has 0 bridgehead atoms. The van der Waals surface area contributed by atoms with Gasteiger partial charge in [-0.2, -0.15) is 11.8 Å². The summed E-state index contributed by atoms with van der Waals surface area (Å²) < 4.78 is 0. The summed E-state index contributed by atoms with van der Waals surface area (Å²) in [4.78, 5) is 12.0. The molecule has 3 N–H and O–H groups in total. The van der Waals surface area contributed by atoms with Crippen LogP contribution in [0.25, 0.3) is 0 Å². The van der Waals surface area contributed by atoms with Gasteiger partial charge in [-0.15, -0.1) is 0 Å². The van der Waals surface area contributed by atoms with Crippen LogP contribution in [-0.4, -0.2) is 24.0 Å². The zero-order valence-electron chi connectivity index (χ0n) is 9.41. The Hall–Kier alpha value is -0.870. The van der Waals surface area contributed by atoms with Gasteiger partial charge in [0.15, 0.2) is 0 Å². The van der Waals surface area contributed by atoms with Crippen molar-refractivity contribution in [3.63, 3.8) is 0 Å². The van der Waals surface area contributed by atoms with Gasteiger partial charge in [0.2, 0.25) is 0 Å². The second kappa shape index (κ2) is 5.65. The largest absolute Gasteiger partial charge is 0.398 e. The van der Waals surface area contributed by atoms with Crippen molar-refractivity contribution in [2.45, 2.75) is 6.42 Å². The Morgan fingerprint density at radius 2 is 2.41 bits per heavy atom. The number of anilines is 1. The van der Waals surface area contributed by atoms with Gasteiger partial charge in [-0.25, -0.2) is 0 Å². The van der Waals surface area contributed by atoms with Gasteiger partial charge in [0.05, 0.1) is 10.6 Å². The Bertz CT molecular complexity index is 399. The molecule has 1 aliphatic heterocycles. The molecule has 1 aromatic carbocycles. The van der Waals surface area contributed by atoms with E-state index < -0.39 is 0 Å². The molecule has 0 saturated carbocycles. The maximum Gasteiger partial charge on any atom is 0.254 e. The monoisotopic (exact) mass is 270 g/mol. The lowest BCUT2D eigenvalue weighted by Crippen LogP contribution is -2.30. The number of carbonyl (C=O) groups excluding carboxylic acids is 1. The number of carbonyl (C=O) groups is 1. The van der Waals surface area contributed by atoms with Crippen LogP contribution < -0.4 is 11.1 Å². The van der Waals surface area contributed by atoms with Crippen LogP contribution in [0.3, 0.4) is 0 Å². The number of hydrogen-bond donors (Lipinski definition) is 2. The SMILES string of the molecule is Nc1cccc(Cl)c1C(=O)NCC1CCSC1. The Kier molecular flexibility index (Phi) is 4.18. The minimum Gasteiger partial charge on any atom is -0.398 e. The van der Waals surface area contributed by atoms with Gasteiger partial charge < -0.3 is 11.1 Å². The standard InChI is InChI=1S/C12H15ClN2OS/c13-9-2-1-3-10(14)11(9)12(16)15-6-8-4-5-17-7-8/h1-3,8H,4-7,14H2,(H,15,16). The van der Waals surface area contributed by atoms with Crippen molar-refractivity contribution in [1.29, 1.82) is 0 Å². The minimum absolute atomic E-state index is 0.176. The lowest BCUT2D eigenvalue weighted by molar-refractivity contribution is 0.0949. The summed E-state index contributed by atoms with van der Waals surface area (Å²) in [7, 11) is 0. The predicted octanol–water partition coefficient (Wildman–Crippen LogP) is 2.41. The summed E-state index contributed by atoms with van der Waals surface area (Å²) >= 11 is 7.91. The first-order valence-corrected chi connectivity index (χ1v) is 7.11. The average Bonchev–Trinajstić information content (AvgIpc) is 2.79. The molecule has 1 aliphatic rings. The molecule has 1 unspecified atom stereocenters. The van der Waals surface area contributed by atoms with Gasteiger partial charge in [-0.05, 0) is 36.0 Å². The van der Waals surface area contributed by atoms with E-state index in [1.165, 1.54) is 12.2 Å². The zero-order valence-corrected chi connectivity index (χ0v) is 11.0. The van der Waals surface area contributed by atoms with Crippen LogP contribution in [0, 0.1) is 5.92 Å². The van der Waals surface area contributed by atoms with E-state index in [1.807, 2.05) is 11.8 Å². The number of rotatable bonds is 3. The highest BCUT2D eigenvalue weighted by Crippen LogP contribution is 2.24. The van der Waals surface area contributed by atoms with E-state index in [1.54, 1.807) is 18.2 Å². The summed E-state index contributed by atoms with van der Waals surface area (Å²) in [5.41, 5.74) is 6.57. The number of amides is 1. The lowest BCUT2D eigenvalue weighted by Gasteiger charge is -2.12. The van der Waals surface area contributed by atoms with E-state index in [-0.39, 0.29) is 5.91 Å². The molecule has 0 aromatic heterocycles. The molecular weight excluding hydrogens is 256 g/mol. The first-order chi connectivity index (χ1) is 8.18. The Morgan fingerprint density at radius 3 is 3.06 bits per heavy atom. The van der Waals surface area contributed by atoms with Crippen LogP contribution >= 0.6 is 23.4 Å². The smallest absolute Gasteiger partial charge is 0.254 e. The van der Waals surface area contributed by atoms with Crippen molar-refractivity contribution in [1.82, 2.24) is 5.32 Å². The number of hydrogen-bond acceptors (Lipinski definition) is 3. The number of nitrogens with one attached hydrogen (secondary N) is 1. The molecule has 1 aromatic rings. The molecule has 17 heavy (non-hydrogen) atoms. The first kappa shape index (κ1) is 12.6. The molecule has 0 radical (unpaired) electrons. The lowest BCUT2D eigenvalue weighted by atomic mass is 10.1. The van der Waals surface area contributed by atoms with Gasteiger partial charge in [-0.1, -0.05) is 17.7 Å². The third-order valence-electron chi connectivity index (χ3n) is 2.85. The highest BCUT2D eigenvalue weighted by molar-refractivity contribution is 7.99. The van der Waals surface area contributed by atoms with Crippen molar-refractivity contribution >= 4 is 35.0 Å². The number of benzene rings is 1. The van der Waals surface area contributed by atoms with Crippen molar-refractivity contribution in [2.24, 2.45) is 5.92 Å². The molecule has 1 atom stereocenters. The summed E-state index contributed by atoms with van der Waals surface area (Å²) in [6.07, 6.45) is 1.17. The summed E-state index contributed by atoms with van der Waals surface area (Å²) in [5, 5.41) is 3.31. The van der Waals surface area contributed by atoms with Crippen molar-refractivity contribution in [2.75, 3.05) is 23.8 Å². The second-order valence-electron chi connectivity index (χ2n) is 4.14. The molecule has 2 rings (SSSR count). The van der Waals surface area contributed by atoms with Gasteiger partial charge in [0.1, 0.15) is 0 Å². The fourth-order valence-electron chi connectivity index (χ4n) is 1.85. The summed E-state index contributed by atoms with van der Waals surface area (Å²) in [6, 6.07) is 5.10. The molecule has 0 spiro atoms. The molecule has 1 amide bonds. The Labute approximate surface area is 110 Å². The highest BCUT2D eigenvalue weighted by Gasteiger charge is 2.18. The van der Waals surface area contributed by atoms with Crippen molar-refractivity contribution < 1.29 is 4.79 Å². The fraction of sp³-hybridized carbons (Fsp3) is 0.417. The predicted molar refractivity (Wildman–Crippen MR) is 73.6 cm³/mol. The maximum atomic E-state index is 12.0. The number of nitrogens with two attached hydrogens (primary N) is 1. The molecule has 0 aliphatic carbocycles. The van der Waals surface area contributed by atoms with E-state index in [4.69, 9.17) is 17.3 Å². The van der Waals surface area contributed by atoms with E-state index in [0.29, 0.717) is 28.7 Å². The Balaban J connectivity index is 1.99. The van der Waals surface area contributed by atoms with Crippen LogP contribution in [-0.2, 0) is 0 Å². The van der Waals surface area contributed by atoms with Gasteiger partial charge in [-0.3, -0.25) is 4.79 Å². The Morgan fingerprint density at radius 1 is 1.59 bits per heavy atom. The van der Waals surface area contributed by atoms with E-state index in [0.717, 1.165) is 5.75 Å². The van der Waals surface area contributed by atoms with Gasteiger partial charge >= 0.3 is 0 Å². The third kappa shape index (κ3) is 3.07. The molecule has 1 saturated heterocycles. The molecule has 92 valence electrons.